The van der Waals surface area contributed by atoms with Gasteiger partial charge in [-0.1, -0.05) is 29.8 Å². The van der Waals surface area contributed by atoms with Crippen LogP contribution in [0.2, 0.25) is 0 Å². The first kappa shape index (κ1) is 21.2. The third-order valence-corrected chi connectivity index (χ3v) is 6.44. The number of H-pyrrole nitrogens is 1. The number of hydrogen-bond donors (Lipinski definition) is 1. The van der Waals surface area contributed by atoms with Crippen LogP contribution in [0.3, 0.4) is 0 Å². The zero-order valence-corrected chi connectivity index (χ0v) is 19.0. The summed E-state index contributed by atoms with van der Waals surface area (Å²) < 4.78 is 5.32. The molecule has 6 heteroatoms. The lowest BCUT2D eigenvalue weighted by Gasteiger charge is -2.32. The number of aromatic nitrogens is 3. The number of amides is 1. The Morgan fingerprint density at radius 2 is 2.06 bits per heavy atom. The Morgan fingerprint density at radius 3 is 2.88 bits per heavy atom. The van der Waals surface area contributed by atoms with E-state index in [-0.39, 0.29) is 11.8 Å². The van der Waals surface area contributed by atoms with Gasteiger partial charge in [-0.05, 0) is 67.6 Å². The molecular weight excluding hydrogens is 412 g/mol. The number of rotatable bonds is 5. The third-order valence-electron chi connectivity index (χ3n) is 6.44. The minimum atomic E-state index is -0.00815. The lowest BCUT2D eigenvalue weighted by Crippen LogP contribution is -2.39. The molecule has 1 N–H and O–H groups in total. The Kier molecular flexibility index (Phi) is 5.82. The average molecular weight is 441 g/mol. The highest BCUT2D eigenvalue weighted by atomic mass is 16.5. The first-order valence-electron chi connectivity index (χ1n) is 11.4. The topological polar surface area (TPSA) is 71.1 Å². The number of carbonyl (C=O) groups is 1. The maximum atomic E-state index is 13.3. The molecule has 168 valence electrons. The molecule has 0 aliphatic carbocycles. The van der Waals surface area contributed by atoms with E-state index in [0.717, 1.165) is 59.3 Å². The molecule has 1 aliphatic rings. The van der Waals surface area contributed by atoms with Gasteiger partial charge >= 0.3 is 0 Å². The molecule has 1 atom stereocenters. The van der Waals surface area contributed by atoms with Crippen molar-refractivity contribution in [1.82, 2.24) is 20.1 Å². The van der Waals surface area contributed by atoms with E-state index in [4.69, 9.17) is 9.72 Å². The number of nitrogens with zero attached hydrogens (tertiary/aromatic N) is 3. The normalized spacial score (nSPS) is 16.2. The van der Waals surface area contributed by atoms with E-state index < -0.39 is 0 Å². The monoisotopic (exact) mass is 440 g/mol. The molecule has 6 nitrogen and oxygen atoms in total. The summed E-state index contributed by atoms with van der Waals surface area (Å²) in [6.45, 7) is 3.45. The number of carbonyl (C=O) groups excluding carboxylic acids is 1. The van der Waals surface area contributed by atoms with Crippen LogP contribution in [-0.4, -0.2) is 46.2 Å². The Bertz CT molecular complexity index is 1280. The summed E-state index contributed by atoms with van der Waals surface area (Å²) in [5, 5.41) is 8.22. The molecule has 0 spiro atoms. The molecule has 2 aromatic heterocycles. The van der Waals surface area contributed by atoms with Crippen LogP contribution >= 0.6 is 0 Å². The van der Waals surface area contributed by atoms with E-state index in [1.165, 1.54) is 5.56 Å². The van der Waals surface area contributed by atoms with Crippen LogP contribution in [0.5, 0.6) is 5.75 Å². The van der Waals surface area contributed by atoms with Gasteiger partial charge in [-0.25, -0.2) is 0 Å². The van der Waals surface area contributed by atoms with E-state index in [9.17, 15) is 4.79 Å². The van der Waals surface area contributed by atoms with E-state index in [1.807, 2.05) is 48.4 Å². The number of nitrogens with one attached hydrogen (secondary N) is 1. The SMILES string of the molecule is COc1cccc(Cc2ccc([C@H]3CCCN(C(=O)c4n[nH]c5ccc(C)cc45)C3)nc2)c1. The quantitative estimate of drug-likeness (QED) is 0.480. The smallest absolute Gasteiger partial charge is 0.275 e. The molecule has 1 saturated heterocycles. The predicted octanol–water partition coefficient (Wildman–Crippen LogP) is 4.89. The van der Waals surface area contributed by atoms with Crippen LogP contribution in [0.1, 0.15) is 51.6 Å². The highest BCUT2D eigenvalue weighted by molar-refractivity contribution is 6.04. The van der Waals surface area contributed by atoms with Crippen molar-refractivity contribution in [2.75, 3.05) is 20.2 Å². The number of methoxy groups -OCH3 is 1. The molecule has 0 unspecified atom stereocenters. The van der Waals surface area contributed by atoms with E-state index >= 15 is 0 Å². The van der Waals surface area contributed by atoms with Crippen LogP contribution in [-0.2, 0) is 6.42 Å². The number of ether oxygens (including phenoxy) is 1. The number of fused-ring (bicyclic) bond motifs is 1. The standard InChI is InChI=1S/C27H28N4O2/c1-18-8-10-25-23(13-18)26(30-29-25)27(32)31-12-4-6-21(17-31)24-11-9-20(16-28-24)14-19-5-3-7-22(15-19)33-2/h3,5,7-11,13,15-16,21H,4,6,12,14,17H2,1-2H3,(H,29,30)/t21-/m0/s1. The molecule has 3 heterocycles. The lowest BCUT2D eigenvalue weighted by molar-refractivity contribution is 0.0702. The number of hydrogen-bond acceptors (Lipinski definition) is 4. The number of aryl methyl sites for hydroxylation is 1. The first-order valence-corrected chi connectivity index (χ1v) is 11.4. The molecular formula is C27H28N4O2. The Labute approximate surface area is 193 Å². The van der Waals surface area contributed by atoms with Crippen LogP contribution in [0.25, 0.3) is 10.9 Å². The maximum Gasteiger partial charge on any atom is 0.275 e. The predicted molar refractivity (Wildman–Crippen MR) is 129 cm³/mol. The Hall–Kier alpha value is -3.67. The van der Waals surface area contributed by atoms with Crippen molar-refractivity contribution in [1.29, 1.82) is 0 Å². The molecule has 5 rings (SSSR count). The van der Waals surface area contributed by atoms with Gasteiger partial charge in [0, 0.05) is 36.3 Å². The highest BCUT2D eigenvalue weighted by Gasteiger charge is 2.28. The fourth-order valence-corrected chi connectivity index (χ4v) is 4.64. The molecule has 2 aromatic carbocycles. The Balaban J connectivity index is 1.29. The van der Waals surface area contributed by atoms with Gasteiger partial charge < -0.3 is 9.64 Å². The molecule has 4 aromatic rings. The van der Waals surface area contributed by atoms with Gasteiger partial charge in [0.1, 0.15) is 5.75 Å². The number of piperidine rings is 1. The van der Waals surface area contributed by atoms with E-state index in [2.05, 4.69) is 34.5 Å². The molecule has 1 fully saturated rings. The summed E-state index contributed by atoms with van der Waals surface area (Å²) >= 11 is 0. The van der Waals surface area contributed by atoms with Gasteiger partial charge in [0.05, 0.1) is 12.6 Å². The second kappa shape index (κ2) is 9.06. The summed E-state index contributed by atoms with van der Waals surface area (Å²) in [6, 6.07) is 18.4. The number of pyridine rings is 1. The van der Waals surface area contributed by atoms with Gasteiger partial charge in [-0.3, -0.25) is 14.9 Å². The first-order chi connectivity index (χ1) is 16.1. The largest absolute Gasteiger partial charge is 0.497 e. The molecule has 33 heavy (non-hydrogen) atoms. The molecule has 0 bridgehead atoms. The zero-order valence-electron chi connectivity index (χ0n) is 19.0. The third kappa shape index (κ3) is 4.46. The second-order valence-electron chi connectivity index (χ2n) is 8.83. The Morgan fingerprint density at radius 1 is 1.15 bits per heavy atom. The van der Waals surface area contributed by atoms with E-state index in [0.29, 0.717) is 12.2 Å². The fourth-order valence-electron chi connectivity index (χ4n) is 4.64. The van der Waals surface area contributed by atoms with Crippen molar-refractivity contribution < 1.29 is 9.53 Å². The fraction of sp³-hybridized carbons (Fsp3) is 0.296. The van der Waals surface area contributed by atoms with Gasteiger partial charge in [-0.2, -0.15) is 5.10 Å². The van der Waals surface area contributed by atoms with Crippen LogP contribution in [0.15, 0.2) is 60.8 Å². The van der Waals surface area contributed by atoms with Gasteiger partial charge in [0.25, 0.3) is 5.91 Å². The molecule has 1 amide bonds. The number of likely N-dealkylation sites (tertiary alicyclic amines) is 1. The minimum absolute atomic E-state index is 0.00815. The number of benzene rings is 2. The van der Waals surface area contributed by atoms with Gasteiger partial charge in [0.2, 0.25) is 0 Å². The van der Waals surface area contributed by atoms with Gasteiger partial charge in [-0.15, -0.1) is 0 Å². The van der Waals surface area contributed by atoms with Crippen molar-refractivity contribution in [3.63, 3.8) is 0 Å². The molecule has 0 saturated carbocycles. The van der Waals surface area contributed by atoms with Crippen LogP contribution < -0.4 is 4.74 Å². The number of aromatic amines is 1. The minimum Gasteiger partial charge on any atom is -0.497 e. The van der Waals surface area contributed by atoms with Crippen molar-refractivity contribution in [3.05, 3.63) is 88.9 Å². The van der Waals surface area contributed by atoms with Crippen LogP contribution in [0, 0.1) is 6.92 Å². The maximum absolute atomic E-state index is 13.3. The van der Waals surface area contributed by atoms with Crippen molar-refractivity contribution in [2.45, 2.75) is 32.1 Å². The summed E-state index contributed by atoms with van der Waals surface area (Å²) in [5.74, 6) is 1.09. The summed E-state index contributed by atoms with van der Waals surface area (Å²) in [7, 11) is 1.68. The summed E-state index contributed by atoms with van der Waals surface area (Å²) in [4.78, 5) is 20.0. The van der Waals surface area contributed by atoms with Crippen molar-refractivity contribution >= 4 is 16.8 Å². The van der Waals surface area contributed by atoms with Gasteiger partial charge in [0.15, 0.2) is 5.69 Å². The van der Waals surface area contributed by atoms with Crippen molar-refractivity contribution in [3.8, 4) is 5.75 Å². The zero-order chi connectivity index (χ0) is 22.8. The highest BCUT2D eigenvalue weighted by Crippen LogP contribution is 2.28. The summed E-state index contributed by atoms with van der Waals surface area (Å²) in [6.07, 6.45) is 4.77. The second-order valence-corrected chi connectivity index (χ2v) is 8.83. The molecule has 1 aliphatic heterocycles. The lowest BCUT2D eigenvalue weighted by atomic mass is 9.93. The summed E-state index contributed by atoms with van der Waals surface area (Å²) in [5.41, 5.74) is 5.92. The van der Waals surface area contributed by atoms with Crippen molar-refractivity contribution in [2.24, 2.45) is 0 Å². The average Bonchev–Trinajstić information content (AvgIpc) is 3.27. The van der Waals surface area contributed by atoms with Crippen LogP contribution in [0.4, 0.5) is 0 Å². The molecule has 0 radical (unpaired) electrons. The van der Waals surface area contributed by atoms with E-state index in [1.54, 1.807) is 7.11 Å².